The van der Waals surface area contributed by atoms with Crippen LogP contribution in [0.2, 0.25) is 0 Å². The van der Waals surface area contributed by atoms with Crippen LogP contribution in [0.1, 0.15) is 47.8 Å². The predicted molar refractivity (Wildman–Crippen MR) is 292 cm³/mol. The Bertz CT molecular complexity index is 3840. The molecule has 0 amide bonds. The lowest BCUT2D eigenvalue weighted by atomic mass is 9.81. The second-order valence-corrected chi connectivity index (χ2v) is 19.0. The molecule has 4 heteroatoms. The zero-order valence-corrected chi connectivity index (χ0v) is 39.0. The van der Waals surface area contributed by atoms with Gasteiger partial charge in [0.1, 0.15) is 12.0 Å². The van der Waals surface area contributed by atoms with Crippen LogP contribution >= 0.6 is 0 Å². The zero-order valence-electron chi connectivity index (χ0n) is 39.0. The van der Waals surface area contributed by atoms with Crippen molar-refractivity contribution in [1.29, 1.82) is 0 Å². The third-order valence-electron chi connectivity index (χ3n) is 14.5. The summed E-state index contributed by atoms with van der Waals surface area (Å²) >= 11 is 0. The minimum Gasteiger partial charge on any atom is -0.344 e. The maximum absolute atomic E-state index is 5.23. The molecule has 0 saturated carbocycles. The van der Waals surface area contributed by atoms with E-state index in [4.69, 9.17) is 9.98 Å². The smallest absolute Gasteiger partial charge is 0.159 e. The third kappa shape index (κ3) is 7.07. The van der Waals surface area contributed by atoms with Crippen LogP contribution < -0.4 is 5.32 Å². The lowest BCUT2D eigenvalue weighted by molar-refractivity contribution is 0.660. The van der Waals surface area contributed by atoms with Gasteiger partial charge in [-0.05, 0) is 115 Å². The van der Waals surface area contributed by atoms with Gasteiger partial charge < -0.3 is 9.88 Å². The molecule has 1 unspecified atom stereocenters. The Kier molecular flexibility index (Phi) is 9.88. The summed E-state index contributed by atoms with van der Waals surface area (Å²) in [6.45, 7) is 4.71. The number of hydrogen-bond acceptors (Lipinski definition) is 3. The normalized spacial score (nSPS) is 14.7. The number of nitrogens with one attached hydrogen (secondary N) is 1. The molecule has 1 aromatic heterocycles. The van der Waals surface area contributed by atoms with Crippen LogP contribution in [-0.2, 0) is 5.41 Å². The van der Waals surface area contributed by atoms with E-state index in [9.17, 15) is 0 Å². The summed E-state index contributed by atoms with van der Waals surface area (Å²) in [6, 6.07) is 87.6. The average Bonchev–Trinajstić information content (AvgIpc) is 3.88. The number of aromatic nitrogens is 1. The Morgan fingerprint density at radius 3 is 1.59 bits per heavy atom. The summed E-state index contributed by atoms with van der Waals surface area (Å²) in [4.78, 5) is 10.5. The third-order valence-corrected chi connectivity index (χ3v) is 14.5. The van der Waals surface area contributed by atoms with E-state index in [1.807, 2.05) is 6.07 Å². The minimum atomic E-state index is -0.334. The van der Waals surface area contributed by atoms with Crippen LogP contribution in [0.3, 0.4) is 0 Å². The van der Waals surface area contributed by atoms with Gasteiger partial charge >= 0.3 is 0 Å². The topological polar surface area (TPSA) is 41.7 Å². The highest BCUT2D eigenvalue weighted by Gasteiger charge is 2.35. The molecule has 13 rings (SSSR count). The monoisotopic (exact) mass is 896 g/mol. The fourth-order valence-corrected chi connectivity index (χ4v) is 10.9. The van der Waals surface area contributed by atoms with Gasteiger partial charge in [0.05, 0.1) is 11.0 Å². The molecule has 332 valence electrons. The minimum absolute atomic E-state index is 0.0757. The Morgan fingerprint density at radius 2 is 0.886 bits per heavy atom. The van der Waals surface area contributed by atoms with Crippen molar-refractivity contribution >= 4 is 33.5 Å². The van der Waals surface area contributed by atoms with Crippen molar-refractivity contribution in [1.82, 2.24) is 9.88 Å². The zero-order chi connectivity index (χ0) is 46.8. The van der Waals surface area contributed by atoms with Crippen LogP contribution in [-0.4, -0.2) is 16.2 Å². The second kappa shape index (κ2) is 16.7. The molecule has 1 atom stereocenters. The number of nitrogens with zero attached hydrogens (tertiary/aromatic N) is 3. The van der Waals surface area contributed by atoms with Crippen molar-refractivity contribution in [3.63, 3.8) is 0 Å². The van der Waals surface area contributed by atoms with Crippen LogP contribution in [0.15, 0.2) is 253 Å². The molecule has 2 aliphatic rings. The van der Waals surface area contributed by atoms with E-state index in [2.05, 4.69) is 260 Å². The summed E-state index contributed by atoms with van der Waals surface area (Å²) in [6.07, 6.45) is -0.334. The van der Waals surface area contributed by atoms with Crippen molar-refractivity contribution < 1.29 is 0 Å². The number of fused-ring (bicyclic) bond motifs is 6. The van der Waals surface area contributed by atoms with Gasteiger partial charge in [0.2, 0.25) is 0 Å². The summed E-state index contributed by atoms with van der Waals surface area (Å²) in [5.41, 5.74) is 21.3. The van der Waals surface area contributed by atoms with E-state index in [1.165, 1.54) is 72.0 Å². The molecular weight excluding hydrogens is 849 g/mol. The first-order valence-corrected chi connectivity index (χ1v) is 24.2. The maximum Gasteiger partial charge on any atom is 0.159 e. The van der Waals surface area contributed by atoms with E-state index in [0.29, 0.717) is 5.84 Å². The Labute approximate surface area is 408 Å². The van der Waals surface area contributed by atoms with Crippen LogP contribution in [0, 0.1) is 0 Å². The van der Waals surface area contributed by atoms with E-state index >= 15 is 0 Å². The van der Waals surface area contributed by atoms with Gasteiger partial charge in [-0.2, -0.15) is 0 Å². The quantitative estimate of drug-likeness (QED) is 0.162. The first-order valence-electron chi connectivity index (χ1n) is 24.2. The van der Waals surface area contributed by atoms with Gasteiger partial charge in [-0.15, -0.1) is 0 Å². The molecule has 0 fully saturated rings. The maximum atomic E-state index is 5.23. The van der Waals surface area contributed by atoms with Gasteiger partial charge in [0.15, 0.2) is 5.84 Å². The molecule has 1 aliphatic heterocycles. The standard InChI is InChI=1S/C66H48N4/c1-66(2)59-23-13-11-21-55(59)56-39-35-50(41-60(56)66)53-19-9-10-20-54(53)51-36-40-58-57-22-12-14-24-61(57)70(62(58)42-51)52-37-33-49(34-38-52)65-68-63(47-29-25-45(26-30-47)43-15-5-3-6-16-43)67-64(69-65)48-31-27-46(28-32-48)44-17-7-4-8-18-44/h3-42,63H,1-2H3,(H,67,68,69). The van der Waals surface area contributed by atoms with E-state index in [0.717, 1.165) is 44.8 Å². The van der Waals surface area contributed by atoms with Crippen molar-refractivity contribution in [3.8, 4) is 61.3 Å². The number of amidine groups is 2. The lowest BCUT2D eigenvalue weighted by Gasteiger charge is -2.24. The first-order chi connectivity index (χ1) is 34.4. The van der Waals surface area contributed by atoms with Crippen molar-refractivity contribution in [2.45, 2.75) is 25.4 Å². The van der Waals surface area contributed by atoms with Gasteiger partial charge in [-0.25, -0.2) is 9.98 Å². The highest BCUT2D eigenvalue weighted by molar-refractivity contribution is 6.14. The van der Waals surface area contributed by atoms with Gasteiger partial charge in [-0.3, -0.25) is 0 Å². The van der Waals surface area contributed by atoms with E-state index in [1.54, 1.807) is 0 Å². The van der Waals surface area contributed by atoms with Gasteiger partial charge in [0.25, 0.3) is 0 Å². The molecular formula is C66H48N4. The van der Waals surface area contributed by atoms with Crippen LogP contribution in [0.25, 0.3) is 83.1 Å². The summed E-state index contributed by atoms with van der Waals surface area (Å²) < 4.78 is 2.41. The Balaban J connectivity index is 0.869. The SMILES string of the molecule is CC1(C)c2ccccc2-c2ccc(-c3ccccc3-c3ccc4c5ccccc5n(-c5ccc(C6=NC(c7ccc(-c8ccccc8)cc7)=NC(c7ccc(-c8ccccc8)cc7)N6)cc5)c4c3)cc21. The highest BCUT2D eigenvalue weighted by atomic mass is 15.2. The fourth-order valence-electron chi connectivity index (χ4n) is 10.9. The van der Waals surface area contributed by atoms with Crippen molar-refractivity contribution in [2.24, 2.45) is 9.98 Å². The highest BCUT2D eigenvalue weighted by Crippen LogP contribution is 2.50. The van der Waals surface area contributed by atoms with Crippen molar-refractivity contribution in [2.75, 3.05) is 0 Å². The average molecular weight is 897 g/mol. The van der Waals surface area contributed by atoms with Gasteiger partial charge in [-0.1, -0.05) is 214 Å². The molecule has 4 nitrogen and oxygen atoms in total. The molecule has 1 aliphatic carbocycles. The molecule has 0 radical (unpaired) electrons. The fraction of sp³-hybridized carbons (Fsp3) is 0.0606. The molecule has 11 aromatic rings. The predicted octanol–water partition coefficient (Wildman–Crippen LogP) is 16.3. The second-order valence-electron chi connectivity index (χ2n) is 19.0. The number of benzene rings is 10. The molecule has 1 N–H and O–H groups in total. The van der Waals surface area contributed by atoms with Crippen molar-refractivity contribution in [3.05, 3.63) is 270 Å². The summed E-state index contributed by atoms with van der Waals surface area (Å²) in [7, 11) is 0. The van der Waals surface area contributed by atoms with Crippen LogP contribution in [0.4, 0.5) is 0 Å². The number of rotatable bonds is 8. The molecule has 0 bridgehead atoms. The molecule has 2 heterocycles. The van der Waals surface area contributed by atoms with Gasteiger partial charge in [0, 0.05) is 33.0 Å². The Hall–Kier alpha value is -8.86. The summed E-state index contributed by atoms with van der Waals surface area (Å²) in [5, 5.41) is 6.16. The first kappa shape index (κ1) is 41.3. The lowest BCUT2D eigenvalue weighted by Crippen LogP contribution is -2.33. The number of aliphatic imine (C=N–C) groups is 2. The van der Waals surface area contributed by atoms with E-state index < -0.39 is 0 Å². The summed E-state index contributed by atoms with van der Waals surface area (Å²) in [5.74, 6) is 1.47. The largest absolute Gasteiger partial charge is 0.344 e. The van der Waals surface area contributed by atoms with Crippen LogP contribution in [0.5, 0.6) is 0 Å². The molecule has 10 aromatic carbocycles. The molecule has 0 spiro atoms. The number of para-hydroxylation sites is 1. The van der Waals surface area contributed by atoms with E-state index in [-0.39, 0.29) is 11.6 Å². The molecule has 0 saturated heterocycles. The Morgan fingerprint density at radius 1 is 0.386 bits per heavy atom. The number of hydrogen-bond donors (Lipinski definition) is 1. The molecule has 70 heavy (non-hydrogen) atoms.